The van der Waals surface area contributed by atoms with Gasteiger partial charge in [0.25, 0.3) is 0 Å². The highest BCUT2D eigenvalue weighted by molar-refractivity contribution is 5.17. The van der Waals surface area contributed by atoms with Crippen molar-refractivity contribution in [1.29, 1.82) is 0 Å². The van der Waals surface area contributed by atoms with Crippen LogP contribution in [0.15, 0.2) is 11.6 Å². The Kier molecular flexibility index (Phi) is 3.60. The average molecular weight is 290 g/mol. The minimum atomic E-state index is 0.0881. The average Bonchev–Trinajstić information content (AvgIpc) is 2.80. The molecule has 2 bridgehead atoms. The van der Waals surface area contributed by atoms with Crippen LogP contribution in [0.3, 0.4) is 0 Å². The summed E-state index contributed by atoms with van der Waals surface area (Å²) in [5, 5.41) is 0. The quantitative estimate of drug-likeness (QED) is 0.615. The summed E-state index contributed by atoms with van der Waals surface area (Å²) in [4.78, 5) is 0. The van der Waals surface area contributed by atoms with Gasteiger partial charge in [0, 0.05) is 0 Å². The second kappa shape index (κ2) is 4.85. The molecule has 0 radical (unpaired) electrons. The summed E-state index contributed by atoms with van der Waals surface area (Å²) in [6, 6.07) is 0. The summed E-state index contributed by atoms with van der Waals surface area (Å²) in [7, 11) is 0. The first kappa shape index (κ1) is 15.6. The van der Waals surface area contributed by atoms with E-state index in [1.807, 2.05) is 0 Å². The van der Waals surface area contributed by atoms with Gasteiger partial charge in [-0.1, -0.05) is 32.4 Å². The highest BCUT2D eigenvalue weighted by Crippen LogP contribution is 2.73. The molecule has 5 atom stereocenters. The van der Waals surface area contributed by atoms with Crippen molar-refractivity contribution in [2.45, 2.75) is 79.2 Å². The lowest BCUT2D eigenvalue weighted by Gasteiger charge is -2.47. The molecule has 0 aromatic rings. The van der Waals surface area contributed by atoms with Crippen molar-refractivity contribution in [1.82, 2.24) is 0 Å². The minimum Gasteiger partial charge on any atom is -0.371 e. The number of hydrogen-bond acceptors (Lipinski definition) is 1. The molecular weight excluding hydrogens is 256 g/mol. The van der Waals surface area contributed by atoms with E-state index in [0.717, 1.165) is 24.4 Å². The fourth-order valence-corrected chi connectivity index (χ4v) is 6.43. The smallest absolute Gasteiger partial charge is 0.0692 e. The van der Waals surface area contributed by atoms with Crippen LogP contribution >= 0.6 is 0 Å². The van der Waals surface area contributed by atoms with Crippen molar-refractivity contribution in [3.8, 4) is 0 Å². The second-order valence-electron chi connectivity index (χ2n) is 9.25. The molecule has 1 nitrogen and oxygen atoms in total. The molecule has 3 aliphatic carbocycles. The fraction of sp³-hybridized carbons (Fsp3) is 0.900. The Morgan fingerprint density at radius 2 is 1.81 bits per heavy atom. The Balaban J connectivity index is 1.85. The third kappa shape index (κ3) is 2.14. The molecule has 0 aromatic carbocycles. The van der Waals surface area contributed by atoms with Crippen LogP contribution < -0.4 is 0 Å². The Morgan fingerprint density at radius 3 is 2.48 bits per heavy atom. The molecule has 120 valence electrons. The zero-order valence-corrected chi connectivity index (χ0v) is 15.0. The van der Waals surface area contributed by atoms with Gasteiger partial charge in [0.2, 0.25) is 0 Å². The fourth-order valence-electron chi connectivity index (χ4n) is 6.43. The van der Waals surface area contributed by atoms with E-state index in [1.54, 1.807) is 0 Å². The lowest BCUT2D eigenvalue weighted by Crippen LogP contribution is -2.46. The maximum atomic E-state index is 6.47. The normalized spacial score (nSPS) is 47.2. The van der Waals surface area contributed by atoms with Crippen LogP contribution in [0, 0.1) is 28.6 Å². The maximum Gasteiger partial charge on any atom is 0.0692 e. The van der Waals surface area contributed by atoms with Crippen molar-refractivity contribution < 1.29 is 4.74 Å². The molecule has 0 heterocycles. The van der Waals surface area contributed by atoms with Gasteiger partial charge in [0.1, 0.15) is 0 Å². The van der Waals surface area contributed by atoms with Crippen molar-refractivity contribution >= 4 is 0 Å². The van der Waals surface area contributed by atoms with E-state index < -0.39 is 0 Å². The van der Waals surface area contributed by atoms with Gasteiger partial charge in [-0.05, 0) is 81.5 Å². The van der Waals surface area contributed by atoms with Crippen LogP contribution in [-0.4, -0.2) is 12.2 Å². The third-order valence-electron chi connectivity index (χ3n) is 7.67. The summed E-state index contributed by atoms with van der Waals surface area (Å²) < 4.78 is 6.47. The molecule has 21 heavy (non-hydrogen) atoms. The summed E-state index contributed by atoms with van der Waals surface area (Å²) in [5.74, 6) is 2.59. The molecule has 0 amide bonds. The summed E-state index contributed by atoms with van der Waals surface area (Å²) >= 11 is 0. The van der Waals surface area contributed by atoms with Crippen molar-refractivity contribution in [2.75, 3.05) is 6.61 Å². The first-order valence-electron chi connectivity index (χ1n) is 9.00. The largest absolute Gasteiger partial charge is 0.371 e. The Bertz CT molecular complexity index is 445. The highest BCUT2D eigenvalue weighted by atomic mass is 16.5. The van der Waals surface area contributed by atoms with Crippen LogP contribution in [0.5, 0.6) is 0 Å². The van der Waals surface area contributed by atoms with Gasteiger partial charge in [-0.3, -0.25) is 0 Å². The van der Waals surface area contributed by atoms with Crippen molar-refractivity contribution in [3.05, 3.63) is 11.6 Å². The van der Waals surface area contributed by atoms with Crippen LogP contribution in [0.25, 0.3) is 0 Å². The van der Waals surface area contributed by atoms with Crippen molar-refractivity contribution in [2.24, 2.45) is 28.6 Å². The van der Waals surface area contributed by atoms with E-state index in [0.29, 0.717) is 10.8 Å². The monoisotopic (exact) mass is 290 g/mol. The standard InChI is InChI=1S/C20H34O/c1-14(2)9-12-21-19(6)10-11-20-13-17(19)18(4,5)16(20)8-7-15(20)3/h9,15-17H,7-8,10-13H2,1-6H3/t15-,16+,17-,19-,20+/m1/s1. The van der Waals surface area contributed by atoms with Gasteiger partial charge < -0.3 is 4.74 Å². The molecule has 3 aliphatic rings. The third-order valence-corrected chi connectivity index (χ3v) is 7.67. The molecule has 3 fully saturated rings. The predicted molar refractivity (Wildman–Crippen MR) is 89.2 cm³/mol. The van der Waals surface area contributed by atoms with Gasteiger partial charge in [0.15, 0.2) is 0 Å². The molecule has 1 spiro atoms. The van der Waals surface area contributed by atoms with Crippen LogP contribution in [0.4, 0.5) is 0 Å². The molecule has 1 heteroatoms. The zero-order valence-electron chi connectivity index (χ0n) is 15.0. The first-order valence-corrected chi connectivity index (χ1v) is 9.00. The first-order chi connectivity index (χ1) is 9.72. The molecule has 0 unspecified atom stereocenters. The number of hydrogen-bond donors (Lipinski definition) is 0. The van der Waals surface area contributed by atoms with E-state index >= 15 is 0 Å². The predicted octanol–water partition coefficient (Wildman–Crippen LogP) is 5.60. The molecule has 0 N–H and O–H groups in total. The van der Waals surface area contributed by atoms with Gasteiger partial charge in [-0.25, -0.2) is 0 Å². The molecule has 0 aromatic heterocycles. The lowest BCUT2D eigenvalue weighted by molar-refractivity contribution is -0.114. The Hall–Kier alpha value is -0.300. The summed E-state index contributed by atoms with van der Waals surface area (Å²) in [5.41, 5.74) is 2.54. The van der Waals surface area contributed by atoms with E-state index in [2.05, 4.69) is 47.6 Å². The highest BCUT2D eigenvalue weighted by Gasteiger charge is 2.68. The van der Waals surface area contributed by atoms with E-state index in [4.69, 9.17) is 4.74 Å². The number of fused-ring (bicyclic) bond motifs is 1. The summed E-state index contributed by atoms with van der Waals surface area (Å²) in [6.07, 6.45) is 9.21. The Morgan fingerprint density at radius 1 is 1.10 bits per heavy atom. The van der Waals surface area contributed by atoms with Gasteiger partial charge >= 0.3 is 0 Å². The molecular formula is C20H34O. The van der Waals surface area contributed by atoms with E-state index in [-0.39, 0.29) is 5.60 Å². The van der Waals surface area contributed by atoms with Crippen molar-refractivity contribution in [3.63, 3.8) is 0 Å². The lowest BCUT2D eigenvalue weighted by atomic mass is 9.64. The van der Waals surface area contributed by atoms with Crippen LogP contribution in [-0.2, 0) is 4.74 Å². The Labute approximate surface area is 131 Å². The van der Waals surface area contributed by atoms with Gasteiger partial charge in [-0.15, -0.1) is 0 Å². The maximum absolute atomic E-state index is 6.47. The number of allylic oxidation sites excluding steroid dienone is 1. The number of ether oxygens (including phenoxy) is 1. The van der Waals surface area contributed by atoms with Crippen LogP contribution in [0.1, 0.15) is 73.6 Å². The molecule has 0 aliphatic heterocycles. The number of rotatable bonds is 3. The van der Waals surface area contributed by atoms with Gasteiger partial charge in [0.05, 0.1) is 12.2 Å². The summed E-state index contributed by atoms with van der Waals surface area (Å²) in [6.45, 7) is 15.1. The van der Waals surface area contributed by atoms with Gasteiger partial charge in [-0.2, -0.15) is 0 Å². The van der Waals surface area contributed by atoms with Crippen LogP contribution in [0.2, 0.25) is 0 Å². The minimum absolute atomic E-state index is 0.0881. The molecule has 3 saturated carbocycles. The SMILES string of the molecule is CC(C)=CCO[C@]1(C)CC[C@@]23C[C@@H]1C(C)(C)[C@@H]2CC[C@H]3C. The van der Waals surface area contributed by atoms with E-state index in [9.17, 15) is 0 Å². The zero-order chi connectivity index (χ0) is 15.5. The topological polar surface area (TPSA) is 9.23 Å². The molecule has 3 rings (SSSR count). The second-order valence-corrected chi connectivity index (χ2v) is 9.25. The van der Waals surface area contributed by atoms with E-state index in [1.165, 1.54) is 37.7 Å². The molecule has 0 saturated heterocycles.